The molecule has 0 saturated heterocycles. The number of benzene rings is 1. The number of halogens is 3. The number of aromatic nitrogens is 1. The van der Waals surface area contributed by atoms with Crippen molar-refractivity contribution in [3.8, 4) is 0 Å². The summed E-state index contributed by atoms with van der Waals surface area (Å²) in [4.78, 5) is 15.7. The first-order valence-corrected chi connectivity index (χ1v) is 6.67. The van der Waals surface area contributed by atoms with Crippen molar-refractivity contribution >= 4 is 17.3 Å². The molecule has 4 nitrogen and oxygen atoms in total. The smallest absolute Gasteiger partial charge is 0.269 e. The molecule has 2 aromatic rings. The first-order chi connectivity index (χ1) is 10.5. The maximum Gasteiger partial charge on any atom is 0.269 e. The fourth-order valence-electron chi connectivity index (χ4n) is 1.74. The minimum Gasteiger partial charge on any atom is -0.353 e. The van der Waals surface area contributed by atoms with Crippen LogP contribution in [0.2, 0.25) is 0 Å². The van der Waals surface area contributed by atoms with Gasteiger partial charge in [0.2, 0.25) is 0 Å². The number of nitrogens with one attached hydrogen (secondary N) is 2. The molecule has 0 fully saturated rings. The Morgan fingerprint density at radius 2 is 1.95 bits per heavy atom. The first kappa shape index (κ1) is 15.8. The van der Waals surface area contributed by atoms with Crippen molar-refractivity contribution in [1.82, 2.24) is 10.3 Å². The highest BCUT2D eigenvalue weighted by atomic mass is 19.2. The highest BCUT2D eigenvalue weighted by Gasteiger charge is 2.14. The minimum atomic E-state index is -1.56. The van der Waals surface area contributed by atoms with Gasteiger partial charge in [-0.3, -0.25) is 9.78 Å². The molecule has 0 aliphatic carbocycles. The van der Waals surface area contributed by atoms with Crippen LogP contribution in [0.25, 0.3) is 0 Å². The van der Waals surface area contributed by atoms with Crippen molar-refractivity contribution in [3.05, 3.63) is 53.6 Å². The highest BCUT2D eigenvalue weighted by molar-refractivity contribution is 5.93. The third kappa shape index (κ3) is 3.55. The topological polar surface area (TPSA) is 54.0 Å². The molecule has 2 rings (SSSR count). The summed E-state index contributed by atoms with van der Waals surface area (Å²) in [7, 11) is 0. The average Bonchev–Trinajstić information content (AvgIpc) is 2.53. The molecule has 22 heavy (non-hydrogen) atoms. The van der Waals surface area contributed by atoms with Crippen molar-refractivity contribution < 1.29 is 18.0 Å². The van der Waals surface area contributed by atoms with E-state index in [0.29, 0.717) is 12.2 Å². The molecule has 0 spiro atoms. The van der Waals surface area contributed by atoms with E-state index in [1.165, 1.54) is 18.3 Å². The molecule has 116 valence electrons. The Labute approximate surface area is 125 Å². The molecule has 0 aliphatic rings. The fourth-order valence-corrected chi connectivity index (χ4v) is 1.74. The lowest BCUT2D eigenvalue weighted by Crippen LogP contribution is -2.24. The van der Waals surface area contributed by atoms with Gasteiger partial charge in [0.1, 0.15) is 5.69 Å². The van der Waals surface area contributed by atoms with Gasteiger partial charge in [-0.05, 0) is 30.7 Å². The molecule has 1 amide bonds. The second-order valence-corrected chi connectivity index (χ2v) is 4.53. The lowest BCUT2D eigenvalue weighted by atomic mass is 10.2. The van der Waals surface area contributed by atoms with Crippen LogP contribution in [-0.4, -0.2) is 17.4 Å². The Kier molecular flexibility index (Phi) is 4.98. The zero-order chi connectivity index (χ0) is 16.1. The predicted octanol–water partition coefficient (Wildman–Crippen LogP) is 3.38. The highest BCUT2D eigenvalue weighted by Crippen LogP contribution is 2.23. The SMILES string of the molecule is CCCNC(=O)c1cc(Nc2ccc(F)c(F)c2F)ccn1. The normalized spacial score (nSPS) is 10.4. The van der Waals surface area contributed by atoms with Crippen LogP contribution in [0, 0.1) is 17.5 Å². The number of anilines is 2. The van der Waals surface area contributed by atoms with E-state index in [4.69, 9.17) is 0 Å². The lowest BCUT2D eigenvalue weighted by molar-refractivity contribution is 0.0948. The zero-order valence-corrected chi connectivity index (χ0v) is 11.8. The molecule has 0 radical (unpaired) electrons. The molecule has 0 saturated carbocycles. The van der Waals surface area contributed by atoms with Crippen molar-refractivity contribution in [2.75, 3.05) is 11.9 Å². The van der Waals surface area contributed by atoms with Crippen LogP contribution in [0.3, 0.4) is 0 Å². The molecule has 1 aromatic carbocycles. The number of nitrogens with zero attached hydrogens (tertiary/aromatic N) is 1. The Bertz CT molecular complexity index is 692. The van der Waals surface area contributed by atoms with Gasteiger partial charge >= 0.3 is 0 Å². The van der Waals surface area contributed by atoms with Crippen LogP contribution in [-0.2, 0) is 0 Å². The van der Waals surface area contributed by atoms with E-state index in [9.17, 15) is 18.0 Å². The average molecular weight is 309 g/mol. The molecule has 7 heteroatoms. The van der Waals surface area contributed by atoms with E-state index in [0.717, 1.165) is 18.6 Å². The Morgan fingerprint density at radius 3 is 2.68 bits per heavy atom. The van der Waals surface area contributed by atoms with Crippen LogP contribution >= 0.6 is 0 Å². The second kappa shape index (κ2) is 6.93. The number of carbonyl (C=O) groups is 1. The van der Waals surface area contributed by atoms with E-state index >= 15 is 0 Å². The summed E-state index contributed by atoms with van der Waals surface area (Å²) in [6.07, 6.45) is 2.14. The van der Waals surface area contributed by atoms with Gasteiger partial charge in [0.25, 0.3) is 5.91 Å². The standard InChI is InChI=1S/C15H14F3N3O/c1-2-6-20-15(22)12-8-9(5-7-19-12)21-11-4-3-10(16)13(17)14(11)18/h3-5,7-8H,2,6H2,1H3,(H,19,21)(H,20,22). The summed E-state index contributed by atoms with van der Waals surface area (Å²) in [6.45, 7) is 2.42. The molecule has 1 heterocycles. The van der Waals surface area contributed by atoms with E-state index in [-0.39, 0.29) is 17.3 Å². The summed E-state index contributed by atoms with van der Waals surface area (Å²) in [5, 5.41) is 5.24. The summed E-state index contributed by atoms with van der Waals surface area (Å²) in [5.74, 6) is -4.51. The van der Waals surface area contributed by atoms with Crippen LogP contribution in [0.15, 0.2) is 30.5 Å². The Morgan fingerprint density at radius 1 is 1.18 bits per heavy atom. The van der Waals surface area contributed by atoms with E-state index in [1.54, 1.807) is 0 Å². The number of pyridine rings is 1. The van der Waals surface area contributed by atoms with Gasteiger partial charge in [-0.1, -0.05) is 6.92 Å². The van der Waals surface area contributed by atoms with Crippen LogP contribution in [0.1, 0.15) is 23.8 Å². The zero-order valence-electron chi connectivity index (χ0n) is 11.8. The predicted molar refractivity (Wildman–Crippen MR) is 76.5 cm³/mol. The van der Waals surface area contributed by atoms with Gasteiger partial charge in [-0.2, -0.15) is 0 Å². The maximum absolute atomic E-state index is 13.6. The molecule has 1 aromatic heterocycles. The third-order valence-electron chi connectivity index (χ3n) is 2.84. The van der Waals surface area contributed by atoms with Crippen LogP contribution < -0.4 is 10.6 Å². The molecule has 2 N–H and O–H groups in total. The Hall–Kier alpha value is -2.57. The molecule has 0 aliphatic heterocycles. The summed E-state index contributed by atoms with van der Waals surface area (Å²) in [5.41, 5.74) is 0.244. The second-order valence-electron chi connectivity index (χ2n) is 4.53. The maximum atomic E-state index is 13.6. The molecule has 0 bridgehead atoms. The van der Waals surface area contributed by atoms with Gasteiger partial charge in [-0.25, -0.2) is 13.2 Å². The van der Waals surface area contributed by atoms with Crippen molar-refractivity contribution in [1.29, 1.82) is 0 Å². The molecular weight excluding hydrogens is 295 g/mol. The van der Waals surface area contributed by atoms with Crippen molar-refractivity contribution in [2.24, 2.45) is 0 Å². The van der Waals surface area contributed by atoms with Gasteiger partial charge in [0.05, 0.1) is 5.69 Å². The minimum absolute atomic E-state index is 0.140. The number of rotatable bonds is 5. The molecule has 0 atom stereocenters. The third-order valence-corrected chi connectivity index (χ3v) is 2.84. The summed E-state index contributed by atoms with van der Waals surface area (Å²) < 4.78 is 39.7. The van der Waals surface area contributed by atoms with E-state index in [1.807, 2.05) is 6.92 Å². The summed E-state index contributed by atoms with van der Waals surface area (Å²) in [6, 6.07) is 4.77. The fraction of sp³-hybridized carbons (Fsp3) is 0.200. The van der Waals surface area contributed by atoms with E-state index in [2.05, 4.69) is 15.6 Å². The van der Waals surface area contributed by atoms with Crippen LogP contribution in [0.5, 0.6) is 0 Å². The monoisotopic (exact) mass is 309 g/mol. The number of amides is 1. The molecular formula is C15H14F3N3O. The van der Waals surface area contributed by atoms with E-state index < -0.39 is 17.5 Å². The van der Waals surface area contributed by atoms with Gasteiger partial charge in [0, 0.05) is 18.4 Å². The number of hydrogen-bond acceptors (Lipinski definition) is 3. The summed E-state index contributed by atoms with van der Waals surface area (Å²) >= 11 is 0. The molecule has 0 unspecified atom stereocenters. The van der Waals surface area contributed by atoms with Gasteiger partial charge in [-0.15, -0.1) is 0 Å². The van der Waals surface area contributed by atoms with Crippen molar-refractivity contribution in [3.63, 3.8) is 0 Å². The van der Waals surface area contributed by atoms with Crippen molar-refractivity contribution in [2.45, 2.75) is 13.3 Å². The quantitative estimate of drug-likeness (QED) is 0.833. The number of hydrogen-bond donors (Lipinski definition) is 2. The first-order valence-electron chi connectivity index (χ1n) is 6.67. The van der Waals surface area contributed by atoms with Gasteiger partial charge in [0.15, 0.2) is 17.5 Å². The Balaban J connectivity index is 2.21. The van der Waals surface area contributed by atoms with Crippen LogP contribution in [0.4, 0.5) is 24.5 Å². The largest absolute Gasteiger partial charge is 0.353 e. The number of carbonyl (C=O) groups excluding carboxylic acids is 1. The lowest BCUT2D eigenvalue weighted by Gasteiger charge is -2.09. The van der Waals surface area contributed by atoms with Gasteiger partial charge < -0.3 is 10.6 Å².